The highest BCUT2D eigenvalue weighted by Gasteiger charge is 2.10. The maximum Gasteiger partial charge on any atom is 0.0625 e. The zero-order chi connectivity index (χ0) is 13.1. The van der Waals surface area contributed by atoms with Crippen molar-refractivity contribution in [1.82, 2.24) is 0 Å². The minimum atomic E-state index is -0.0536. The molecule has 0 bridgehead atoms. The van der Waals surface area contributed by atoms with Gasteiger partial charge in [0, 0.05) is 0 Å². The second-order valence-electron chi connectivity index (χ2n) is 4.33. The van der Waals surface area contributed by atoms with E-state index in [1.165, 1.54) is 5.56 Å². The maximum absolute atomic E-state index is 6.43. The Morgan fingerprint density at radius 2 is 1.78 bits per heavy atom. The number of alkyl halides is 1. The Hall–Kier alpha value is -0.690. The second-order valence-corrected chi connectivity index (χ2v) is 5.68. The summed E-state index contributed by atoms with van der Waals surface area (Å²) in [7, 11) is 0. The maximum atomic E-state index is 6.43. The number of aryl methyl sites for hydroxylation is 1. The quantitative estimate of drug-likeness (QED) is 0.626. The van der Waals surface area contributed by atoms with Crippen molar-refractivity contribution in [2.75, 3.05) is 0 Å². The fourth-order valence-electron chi connectivity index (χ4n) is 1.86. The highest BCUT2D eigenvalue weighted by atomic mass is 35.5. The molecule has 0 amide bonds. The molecule has 0 aliphatic carbocycles. The summed E-state index contributed by atoms with van der Waals surface area (Å²) in [6.07, 6.45) is 0.738. The van der Waals surface area contributed by atoms with E-state index in [1.54, 1.807) is 6.07 Å². The fraction of sp³-hybridized carbons (Fsp3) is 0.200. The van der Waals surface area contributed by atoms with E-state index in [0.29, 0.717) is 10.0 Å². The van der Waals surface area contributed by atoms with Crippen LogP contribution in [0.3, 0.4) is 0 Å². The summed E-state index contributed by atoms with van der Waals surface area (Å²) in [5.41, 5.74) is 3.43. The van der Waals surface area contributed by atoms with E-state index in [0.717, 1.165) is 17.5 Å². The number of rotatable bonds is 3. The molecule has 0 aliphatic heterocycles. The van der Waals surface area contributed by atoms with Gasteiger partial charge in [-0.2, -0.15) is 0 Å². The average Bonchev–Trinajstić information content (AvgIpc) is 2.34. The van der Waals surface area contributed by atoms with Crippen LogP contribution in [0.25, 0.3) is 0 Å². The molecule has 0 heterocycles. The number of benzene rings is 2. The van der Waals surface area contributed by atoms with Gasteiger partial charge in [0.05, 0.1) is 15.4 Å². The van der Waals surface area contributed by atoms with Gasteiger partial charge in [0.2, 0.25) is 0 Å². The second kappa shape index (κ2) is 5.97. The van der Waals surface area contributed by atoms with E-state index in [4.69, 9.17) is 34.8 Å². The molecule has 2 aromatic carbocycles. The minimum absolute atomic E-state index is 0.0536. The van der Waals surface area contributed by atoms with Gasteiger partial charge in [-0.1, -0.05) is 59.1 Å². The zero-order valence-corrected chi connectivity index (χ0v) is 12.2. The van der Waals surface area contributed by atoms with Crippen LogP contribution in [0.2, 0.25) is 10.0 Å². The molecule has 0 radical (unpaired) electrons. The lowest BCUT2D eigenvalue weighted by molar-refractivity contribution is 0.918. The van der Waals surface area contributed by atoms with Gasteiger partial charge in [-0.3, -0.25) is 0 Å². The molecule has 94 valence electrons. The van der Waals surface area contributed by atoms with Crippen molar-refractivity contribution in [3.63, 3.8) is 0 Å². The van der Waals surface area contributed by atoms with Gasteiger partial charge < -0.3 is 0 Å². The first-order valence-electron chi connectivity index (χ1n) is 5.71. The summed E-state index contributed by atoms with van der Waals surface area (Å²) in [5, 5.41) is 1.09. The molecule has 0 nitrogen and oxygen atoms in total. The van der Waals surface area contributed by atoms with Crippen molar-refractivity contribution in [3.05, 3.63) is 69.2 Å². The van der Waals surface area contributed by atoms with Gasteiger partial charge in [0.25, 0.3) is 0 Å². The molecule has 0 spiro atoms. The van der Waals surface area contributed by atoms with E-state index >= 15 is 0 Å². The Kier molecular flexibility index (Phi) is 4.55. The molecule has 3 heteroatoms. The van der Waals surface area contributed by atoms with Gasteiger partial charge in [-0.15, -0.1) is 11.6 Å². The topological polar surface area (TPSA) is 0 Å². The largest absolute Gasteiger partial charge is 0.117 e. The lowest BCUT2D eigenvalue weighted by Crippen LogP contribution is -1.96. The number of hydrogen-bond acceptors (Lipinski definition) is 0. The highest BCUT2D eigenvalue weighted by molar-refractivity contribution is 6.42. The molecule has 0 aromatic heterocycles. The van der Waals surface area contributed by atoms with Gasteiger partial charge in [0.15, 0.2) is 0 Å². The molecule has 0 saturated carbocycles. The molecule has 0 aliphatic rings. The third-order valence-electron chi connectivity index (χ3n) is 2.80. The van der Waals surface area contributed by atoms with Crippen molar-refractivity contribution >= 4 is 34.8 Å². The minimum Gasteiger partial charge on any atom is -0.117 e. The Morgan fingerprint density at radius 1 is 1.00 bits per heavy atom. The SMILES string of the molecule is Cc1cccc(C(Cl)Cc2ccc(Cl)c(Cl)c2)c1. The van der Waals surface area contributed by atoms with Crippen LogP contribution in [-0.2, 0) is 6.42 Å². The first kappa shape index (κ1) is 13.7. The van der Waals surface area contributed by atoms with Crippen molar-refractivity contribution in [1.29, 1.82) is 0 Å². The summed E-state index contributed by atoms with van der Waals surface area (Å²) < 4.78 is 0. The van der Waals surface area contributed by atoms with Crippen LogP contribution in [-0.4, -0.2) is 0 Å². The Balaban J connectivity index is 2.16. The molecule has 0 fully saturated rings. The van der Waals surface area contributed by atoms with E-state index in [-0.39, 0.29) is 5.38 Å². The molecule has 0 N–H and O–H groups in total. The van der Waals surface area contributed by atoms with Crippen LogP contribution in [0.15, 0.2) is 42.5 Å². The van der Waals surface area contributed by atoms with Gasteiger partial charge in [-0.25, -0.2) is 0 Å². The molecule has 18 heavy (non-hydrogen) atoms. The lowest BCUT2D eigenvalue weighted by Gasteiger charge is -2.11. The monoisotopic (exact) mass is 298 g/mol. The van der Waals surface area contributed by atoms with Crippen LogP contribution in [0.5, 0.6) is 0 Å². The molecule has 1 atom stereocenters. The van der Waals surface area contributed by atoms with Crippen LogP contribution >= 0.6 is 34.8 Å². The average molecular weight is 300 g/mol. The predicted octanol–water partition coefficient (Wildman–Crippen LogP) is 5.82. The van der Waals surface area contributed by atoms with Gasteiger partial charge in [-0.05, 0) is 36.6 Å². The molecular weight excluding hydrogens is 287 g/mol. The Labute approximate surface area is 122 Å². The number of halogens is 3. The van der Waals surface area contributed by atoms with Crippen LogP contribution in [0.1, 0.15) is 22.1 Å². The summed E-state index contributed by atoms with van der Waals surface area (Å²) in [6.45, 7) is 2.06. The normalized spacial score (nSPS) is 12.4. The molecule has 2 aromatic rings. The van der Waals surface area contributed by atoms with E-state index in [1.807, 2.05) is 24.3 Å². The highest BCUT2D eigenvalue weighted by Crippen LogP contribution is 2.29. The summed E-state index contributed by atoms with van der Waals surface area (Å²) in [5.74, 6) is 0. The van der Waals surface area contributed by atoms with Crippen molar-refractivity contribution in [2.24, 2.45) is 0 Å². The first-order valence-corrected chi connectivity index (χ1v) is 6.90. The van der Waals surface area contributed by atoms with Crippen LogP contribution < -0.4 is 0 Å². The molecular formula is C15H13Cl3. The first-order chi connectivity index (χ1) is 8.56. The molecule has 2 rings (SSSR count). The van der Waals surface area contributed by atoms with Crippen molar-refractivity contribution < 1.29 is 0 Å². The predicted molar refractivity (Wildman–Crippen MR) is 79.9 cm³/mol. The van der Waals surface area contributed by atoms with Gasteiger partial charge >= 0.3 is 0 Å². The Morgan fingerprint density at radius 3 is 2.44 bits per heavy atom. The third kappa shape index (κ3) is 3.41. The smallest absolute Gasteiger partial charge is 0.0625 e. The van der Waals surface area contributed by atoms with Crippen molar-refractivity contribution in [3.8, 4) is 0 Å². The van der Waals surface area contributed by atoms with E-state index < -0.39 is 0 Å². The summed E-state index contributed by atoms with van der Waals surface area (Å²) >= 11 is 18.3. The van der Waals surface area contributed by atoms with Gasteiger partial charge in [0.1, 0.15) is 0 Å². The van der Waals surface area contributed by atoms with Crippen molar-refractivity contribution in [2.45, 2.75) is 18.7 Å². The molecule has 0 saturated heterocycles. The summed E-state index contributed by atoms with van der Waals surface area (Å²) in [6, 6.07) is 13.9. The Bertz CT molecular complexity index is 549. The van der Waals surface area contributed by atoms with E-state index in [2.05, 4.69) is 19.1 Å². The van der Waals surface area contributed by atoms with Crippen LogP contribution in [0.4, 0.5) is 0 Å². The zero-order valence-electron chi connectivity index (χ0n) is 9.96. The molecule has 1 unspecified atom stereocenters. The fourth-order valence-corrected chi connectivity index (χ4v) is 2.49. The summed E-state index contributed by atoms with van der Waals surface area (Å²) in [4.78, 5) is 0. The standard InChI is InChI=1S/C15H13Cl3/c1-10-3-2-4-12(7-10)14(17)8-11-5-6-13(16)15(18)9-11/h2-7,9,14H,8H2,1H3. The lowest BCUT2D eigenvalue weighted by atomic mass is 10.0. The van der Waals surface area contributed by atoms with Crippen LogP contribution in [0, 0.1) is 6.92 Å². The van der Waals surface area contributed by atoms with E-state index in [9.17, 15) is 0 Å². The number of hydrogen-bond donors (Lipinski definition) is 0. The third-order valence-corrected chi connectivity index (χ3v) is 3.95.